The Balaban J connectivity index is 0.00000288. The van der Waals surface area contributed by atoms with E-state index in [9.17, 15) is 14.7 Å². The maximum atomic E-state index is 12.1. The van der Waals surface area contributed by atoms with Crippen molar-refractivity contribution in [1.29, 1.82) is 0 Å². The summed E-state index contributed by atoms with van der Waals surface area (Å²) in [5.41, 5.74) is 0.157. The van der Waals surface area contributed by atoms with Crippen molar-refractivity contribution in [3.63, 3.8) is 0 Å². The summed E-state index contributed by atoms with van der Waals surface area (Å²) in [6, 6.07) is 8.22. The number of carbonyl (C=O) groups is 2. The standard InChI is InChI=1S/C17H24N2O4.Na/c1-17(2,3)23-16(22)19-11-9-18(10-12-19)14(15(20)21)13-7-5-4-6-8-13;/h4-8,14H,9-12H2,1-3H3,(H,20,21);/q;+1/p-1. The second-order valence-electron chi connectivity index (χ2n) is 6.64. The molecule has 1 amide bonds. The molecule has 7 heteroatoms. The quantitative estimate of drug-likeness (QED) is 0.596. The summed E-state index contributed by atoms with van der Waals surface area (Å²) >= 11 is 0. The minimum atomic E-state index is -1.12. The molecule has 0 bridgehead atoms. The molecule has 6 nitrogen and oxygen atoms in total. The first kappa shape index (κ1) is 21.0. The van der Waals surface area contributed by atoms with E-state index in [4.69, 9.17) is 4.74 Å². The van der Waals surface area contributed by atoms with Crippen molar-refractivity contribution >= 4 is 12.1 Å². The minimum absolute atomic E-state index is 0. The fourth-order valence-electron chi connectivity index (χ4n) is 2.62. The molecule has 1 aromatic rings. The molecule has 1 saturated heterocycles. The number of aliphatic carboxylic acids is 1. The van der Waals surface area contributed by atoms with Gasteiger partial charge >= 0.3 is 35.7 Å². The zero-order chi connectivity index (χ0) is 17.0. The molecule has 0 aromatic heterocycles. The van der Waals surface area contributed by atoms with Gasteiger partial charge in [0.2, 0.25) is 0 Å². The van der Waals surface area contributed by atoms with Gasteiger partial charge in [-0.15, -0.1) is 0 Å². The van der Waals surface area contributed by atoms with Gasteiger partial charge in [-0.3, -0.25) is 4.90 Å². The van der Waals surface area contributed by atoms with Crippen molar-refractivity contribution in [1.82, 2.24) is 9.80 Å². The number of carbonyl (C=O) groups excluding carboxylic acids is 2. The summed E-state index contributed by atoms with van der Waals surface area (Å²) in [7, 11) is 0. The first-order valence-electron chi connectivity index (χ1n) is 7.76. The number of ether oxygens (including phenoxy) is 1. The van der Waals surface area contributed by atoms with Gasteiger partial charge in [0.05, 0.1) is 12.0 Å². The molecule has 24 heavy (non-hydrogen) atoms. The topological polar surface area (TPSA) is 72.9 Å². The molecule has 1 unspecified atom stereocenters. The third-order valence-corrected chi connectivity index (χ3v) is 3.67. The summed E-state index contributed by atoms with van der Waals surface area (Å²) in [5.74, 6) is -1.12. The van der Waals surface area contributed by atoms with Gasteiger partial charge < -0.3 is 19.5 Å². The van der Waals surface area contributed by atoms with Crippen LogP contribution in [0.5, 0.6) is 0 Å². The second kappa shape index (κ2) is 8.85. The number of nitrogens with zero attached hydrogens (tertiary/aromatic N) is 2. The minimum Gasteiger partial charge on any atom is -0.548 e. The molecular formula is C17H23N2NaO4. The van der Waals surface area contributed by atoms with E-state index in [0.29, 0.717) is 31.7 Å². The van der Waals surface area contributed by atoms with Crippen molar-refractivity contribution < 1.29 is 49.0 Å². The number of carboxylic acid groups (broad SMARTS) is 1. The van der Waals surface area contributed by atoms with Gasteiger partial charge in [0.1, 0.15) is 5.60 Å². The van der Waals surface area contributed by atoms with Crippen LogP contribution in [-0.4, -0.2) is 53.6 Å². The Morgan fingerprint density at radius 1 is 1.08 bits per heavy atom. The summed E-state index contributed by atoms with van der Waals surface area (Å²) < 4.78 is 5.34. The second-order valence-corrected chi connectivity index (χ2v) is 6.64. The van der Waals surface area contributed by atoms with Crippen LogP contribution in [-0.2, 0) is 9.53 Å². The van der Waals surface area contributed by atoms with E-state index in [-0.39, 0.29) is 35.7 Å². The van der Waals surface area contributed by atoms with Gasteiger partial charge in [0.25, 0.3) is 0 Å². The largest absolute Gasteiger partial charge is 1.00 e. The van der Waals surface area contributed by atoms with Crippen LogP contribution >= 0.6 is 0 Å². The van der Waals surface area contributed by atoms with Crippen molar-refractivity contribution in [3.8, 4) is 0 Å². The van der Waals surface area contributed by atoms with Crippen LogP contribution in [0.4, 0.5) is 4.79 Å². The molecular weight excluding hydrogens is 319 g/mol. The summed E-state index contributed by atoms with van der Waals surface area (Å²) in [5, 5.41) is 11.5. The smallest absolute Gasteiger partial charge is 0.548 e. The number of benzene rings is 1. The Kier molecular flexibility index (Phi) is 7.73. The molecule has 0 radical (unpaired) electrons. The van der Waals surface area contributed by atoms with Crippen LogP contribution in [0.15, 0.2) is 30.3 Å². The number of amides is 1. The molecule has 1 atom stereocenters. The first-order valence-corrected chi connectivity index (χ1v) is 7.76. The molecule has 1 fully saturated rings. The predicted octanol–water partition coefficient (Wildman–Crippen LogP) is -1.97. The Morgan fingerprint density at radius 2 is 1.62 bits per heavy atom. The van der Waals surface area contributed by atoms with Gasteiger partial charge in [0.15, 0.2) is 0 Å². The van der Waals surface area contributed by atoms with Gasteiger partial charge in [-0.05, 0) is 26.3 Å². The van der Waals surface area contributed by atoms with Gasteiger partial charge in [-0.25, -0.2) is 4.79 Å². The van der Waals surface area contributed by atoms with Crippen molar-refractivity contribution in [3.05, 3.63) is 35.9 Å². The van der Waals surface area contributed by atoms with Crippen LogP contribution in [0.25, 0.3) is 0 Å². The monoisotopic (exact) mass is 342 g/mol. The molecule has 0 N–H and O–H groups in total. The van der Waals surface area contributed by atoms with Crippen LogP contribution in [0.1, 0.15) is 32.4 Å². The van der Waals surface area contributed by atoms with E-state index < -0.39 is 17.6 Å². The Bertz CT molecular complexity index is 551. The van der Waals surface area contributed by atoms with E-state index in [1.54, 1.807) is 17.0 Å². The van der Waals surface area contributed by atoms with Crippen LogP contribution in [0, 0.1) is 0 Å². The van der Waals surface area contributed by atoms with Gasteiger partial charge in [0, 0.05) is 26.2 Å². The van der Waals surface area contributed by atoms with Crippen molar-refractivity contribution in [2.45, 2.75) is 32.4 Å². The van der Waals surface area contributed by atoms with E-state index in [2.05, 4.69) is 0 Å². The van der Waals surface area contributed by atoms with Crippen molar-refractivity contribution in [2.75, 3.05) is 26.2 Å². The summed E-state index contributed by atoms with van der Waals surface area (Å²) in [6.45, 7) is 7.27. The average Bonchev–Trinajstić information content (AvgIpc) is 2.47. The number of hydrogen-bond donors (Lipinski definition) is 0. The zero-order valence-electron chi connectivity index (χ0n) is 14.8. The Labute approximate surface area is 165 Å². The molecule has 2 rings (SSSR count). The third-order valence-electron chi connectivity index (χ3n) is 3.67. The summed E-state index contributed by atoms with van der Waals surface area (Å²) in [4.78, 5) is 27.0. The first-order chi connectivity index (χ1) is 10.8. The van der Waals surface area contributed by atoms with Crippen LogP contribution in [0.3, 0.4) is 0 Å². The number of piperazine rings is 1. The Morgan fingerprint density at radius 3 is 2.08 bits per heavy atom. The Hall–Kier alpha value is -1.08. The van der Waals surface area contributed by atoms with Gasteiger partial charge in [-0.2, -0.15) is 0 Å². The van der Waals surface area contributed by atoms with E-state index in [1.165, 1.54) is 0 Å². The molecule has 1 heterocycles. The normalized spacial score (nSPS) is 16.9. The molecule has 0 aliphatic carbocycles. The number of rotatable bonds is 3. The van der Waals surface area contributed by atoms with Crippen LogP contribution in [0.2, 0.25) is 0 Å². The van der Waals surface area contributed by atoms with Gasteiger partial charge in [-0.1, -0.05) is 30.3 Å². The van der Waals surface area contributed by atoms with Crippen molar-refractivity contribution in [2.24, 2.45) is 0 Å². The molecule has 0 spiro atoms. The maximum absolute atomic E-state index is 12.1. The SMILES string of the molecule is CC(C)(C)OC(=O)N1CCN(C(C(=O)[O-])c2ccccc2)CC1.[Na+]. The fourth-order valence-corrected chi connectivity index (χ4v) is 2.62. The molecule has 126 valence electrons. The molecule has 1 aliphatic rings. The van der Waals surface area contributed by atoms with Crippen LogP contribution < -0.4 is 34.7 Å². The molecule has 1 aromatic carbocycles. The number of carboxylic acids is 1. The summed E-state index contributed by atoms with van der Waals surface area (Å²) in [6.07, 6.45) is -0.359. The van der Waals surface area contributed by atoms with E-state index in [0.717, 1.165) is 0 Å². The molecule has 1 aliphatic heterocycles. The fraction of sp³-hybridized carbons (Fsp3) is 0.529. The third kappa shape index (κ3) is 5.77. The number of hydrogen-bond acceptors (Lipinski definition) is 5. The maximum Gasteiger partial charge on any atom is 1.00 e. The van der Waals surface area contributed by atoms with E-state index >= 15 is 0 Å². The van der Waals surface area contributed by atoms with E-state index in [1.807, 2.05) is 43.9 Å². The zero-order valence-corrected chi connectivity index (χ0v) is 16.8. The average molecular weight is 342 g/mol. The predicted molar refractivity (Wildman–Crippen MR) is 83.6 cm³/mol. The molecule has 0 saturated carbocycles.